The Labute approximate surface area is 77.7 Å². The maximum Gasteiger partial charge on any atom is -0.0354 e. The van der Waals surface area contributed by atoms with Gasteiger partial charge in [0.25, 0.3) is 0 Å². The second-order valence-corrected chi connectivity index (χ2v) is 5.38. The highest BCUT2D eigenvalue weighted by molar-refractivity contribution is 4.81. The van der Waals surface area contributed by atoms with E-state index < -0.39 is 0 Å². The lowest BCUT2D eigenvalue weighted by Gasteiger charge is -2.37. The van der Waals surface area contributed by atoms with E-state index in [-0.39, 0.29) is 0 Å². The molecule has 12 heavy (non-hydrogen) atoms. The van der Waals surface area contributed by atoms with Crippen LogP contribution in [0.3, 0.4) is 0 Å². The van der Waals surface area contributed by atoms with Crippen LogP contribution < -0.4 is 0 Å². The summed E-state index contributed by atoms with van der Waals surface area (Å²) in [6.45, 7) is 11.2. The SMILES string of the molecule is [CH2]CC1CCCC(C(C)(C)C)C1. The molecule has 0 heteroatoms. The predicted molar refractivity (Wildman–Crippen MR) is 54.9 cm³/mol. The van der Waals surface area contributed by atoms with Crippen LogP contribution in [-0.2, 0) is 0 Å². The molecule has 0 saturated heterocycles. The summed E-state index contributed by atoms with van der Waals surface area (Å²) >= 11 is 0. The van der Waals surface area contributed by atoms with E-state index in [9.17, 15) is 0 Å². The third kappa shape index (κ3) is 2.50. The van der Waals surface area contributed by atoms with Gasteiger partial charge in [-0.1, -0.05) is 47.0 Å². The lowest BCUT2D eigenvalue weighted by Crippen LogP contribution is -2.26. The van der Waals surface area contributed by atoms with Crippen molar-refractivity contribution in [3.05, 3.63) is 6.92 Å². The quantitative estimate of drug-likeness (QED) is 0.552. The van der Waals surface area contributed by atoms with Crippen molar-refractivity contribution >= 4 is 0 Å². The maximum absolute atomic E-state index is 4.03. The minimum absolute atomic E-state index is 0.522. The zero-order chi connectivity index (χ0) is 9.19. The molecule has 1 saturated carbocycles. The van der Waals surface area contributed by atoms with Gasteiger partial charge in [0.05, 0.1) is 0 Å². The molecule has 1 aliphatic carbocycles. The number of hydrogen-bond acceptors (Lipinski definition) is 0. The van der Waals surface area contributed by atoms with Crippen LogP contribution in [-0.4, -0.2) is 0 Å². The van der Waals surface area contributed by atoms with E-state index >= 15 is 0 Å². The number of rotatable bonds is 1. The topological polar surface area (TPSA) is 0 Å². The molecule has 1 aliphatic rings. The molecular formula is C12H23. The van der Waals surface area contributed by atoms with Crippen molar-refractivity contribution in [1.29, 1.82) is 0 Å². The standard InChI is InChI=1S/C12H23/c1-5-10-7-6-8-11(9-10)12(2,3)4/h10-11H,1,5-9H2,2-4H3. The summed E-state index contributed by atoms with van der Waals surface area (Å²) in [4.78, 5) is 0. The fourth-order valence-electron chi connectivity index (χ4n) is 2.34. The maximum atomic E-state index is 4.03. The van der Waals surface area contributed by atoms with Gasteiger partial charge in [0.1, 0.15) is 0 Å². The Hall–Kier alpha value is 0. The summed E-state index contributed by atoms with van der Waals surface area (Å²) in [5.41, 5.74) is 0.522. The van der Waals surface area contributed by atoms with Crippen molar-refractivity contribution in [3.63, 3.8) is 0 Å². The Kier molecular flexibility index (Phi) is 3.20. The van der Waals surface area contributed by atoms with Gasteiger partial charge in [-0.3, -0.25) is 0 Å². The van der Waals surface area contributed by atoms with Crippen LogP contribution in [0.4, 0.5) is 0 Å². The van der Waals surface area contributed by atoms with Gasteiger partial charge in [-0.15, -0.1) is 0 Å². The molecule has 0 bridgehead atoms. The van der Waals surface area contributed by atoms with Gasteiger partial charge in [-0.25, -0.2) is 0 Å². The molecule has 1 radical (unpaired) electrons. The van der Waals surface area contributed by atoms with E-state index in [0.29, 0.717) is 5.41 Å². The van der Waals surface area contributed by atoms with Gasteiger partial charge in [-0.05, 0) is 30.1 Å². The van der Waals surface area contributed by atoms with Crippen LogP contribution in [0.2, 0.25) is 0 Å². The van der Waals surface area contributed by atoms with Gasteiger partial charge >= 0.3 is 0 Å². The van der Waals surface area contributed by atoms with E-state index in [1.54, 1.807) is 0 Å². The molecule has 2 atom stereocenters. The molecule has 1 fully saturated rings. The fourth-order valence-corrected chi connectivity index (χ4v) is 2.34. The Morgan fingerprint density at radius 1 is 1.25 bits per heavy atom. The van der Waals surface area contributed by atoms with Gasteiger partial charge in [0.15, 0.2) is 0 Å². The second kappa shape index (κ2) is 3.81. The monoisotopic (exact) mass is 167 g/mol. The molecule has 0 amide bonds. The summed E-state index contributed by atoms with van der Waals surface area (Å²) in [7, 11) is 0. The number of hydrogen-bond donors (Lipinski definition) is 0. The summed E-state index contributed by atoms with van der Waals surface area (Å²) in [5, 5.41) is 0. The molecule has 0 spiro atoms. The first-order chi connectivity index (χ1) is 5.54. The molecule has 0 N–H and O–H groups in total. The highest BCUT2D eigenvalue weighted by Crippen LogP contribution is 2.40. The van der Waals surface area contributed by atoms with E-state index in [1.165, 1.54) is 25.7 Å². The molecule has 71 valence electrons. The van der Waals surface area contributed by atoms with Crippen molar-refractivity contribution in [1.82, 2.24) is 0 Å². The van der Waals surface area contributed by atoms with Gasteiger partial charge in [0, 0.05) is 0 Å². The molecule has 0 nitrogen and oxygen atoms in total. The molecule has 2 unspecified atom stereocenters. The summed E-state index contributed by atoms with van der Waals surface area (Å²) < 4.78 is 0. The second-order valence-electron chi connectivity index (χ2n) is 5.38. The minimum atomic E-state index is 0.522. The molecule has 0 aromatic rings. The molecule has 0 aliphatic heterocycles. The largest absolute Gasteiger partial charge is 0.0599 e. The van der Waals surface area contributed by atoms with E-state index in [4.69, 9.17) is 0 Å². The average Bonchev–Trinajstić information content (AvgIpc) is 2.03. The first-order valence-corrected chi connectivity index (χ1v) is 5.33. The molecule has 1 rings (SSSR count). The van der Waals surface area contributed by atoms with Crippen molar-refractivity contribution in [2.45, 2.75) is 52.9 Å². The predicted octanol–water partition coefficient (Wildman–Crippen LogP) is 4.06. The molecule has 0 heterocycles. The summed E-state index contributed by atoms with van der Waals surface area (Å²) in [5.74, 6) is 1.86. The Morgan fingerprint density at radius 3 is 2.42 bits per heavy atom. The van der Waals surface area contributed by atoms with E-state index in [1.807, 2.05) is 0 Å². The zero-order valence-electron chi connectivity index (χ0n) is 8.90. The average molecular weight is 167 g/mol. The Balaban J connectivity index is 2.46. The van der Waals surface area contributed by atoms with Gasteiger partial charge in [-0.2, -0.15) is 0 Å². The lowest BCUT2D eigenvalue weighted by molar-refractivity contribution is 0.142. The van der Waals surface area contributed by atoms with Crippen LogP contribution in [0.15, 0.2) is 0 Å². The highest BCUT2D eigenvalue weighted by atomic mass is 14.3. The molecular weight excluding hydrogens is 144 g/mol. The van der Waals surface area contributed by atoms with E-state index in [0.717, 1.165) is 18.3 Å². The zero-order valence-corrected chi connectivity index (χ0v) is 8.90. The Morgan fingerprint density at radius 2 is 1.92 bits per heavy atom. The first-order valence-electron chi connectivity index (χ1n) is 5.33. The summed E-state index contributed by atoms with van der Waals surface area (Å²) in [6.07, 6.45) is 6.87. The third-order valence-electron chi connectivity index (χ3n) is 3.42. The van der Waals surface area contributed by atoms with Crippen LogP contribution in [0.25, 0.3) is 0 Å². The Bertz CT molecular complexity index is 129. The summed E-state index contributed by atoms with van der Waals surface area (Å²) in [6, 6.07) is 0. The first kappa shape index (κ1) is 10.1. The van der Waals surface area contributed by atoms with Crippen LogP contribution in [0, 0.1) is 24.2 Å². The highest BCUT2D eigenvalue weighted by Gasteiger charge is 2.29. The fraction of sp³-hybridized carbons (Fsp3) is 0.917. The normalized spacial score (nSPS) is 32.0. The van der Waals surface area contributed by atoms with Crippen molar-refractivity contribution < 1.29 is 0 Å². The van der Waals surface area contributed by atoms with Crippen LogP contribution >= 0.6 is 0 Å². The van der Waals surface area contributed by atoms with E-state index in [2.05, 4.69) is 27.7 Å². The van der Waals surface area contributed by atoms with Gasteiger partial charge in [0.2, 0.25) is 0 Å². The van der Waals surface area contributed by atoms with Crippen molar-refractivity contribution in [2.75, 3.05) is 0 Å². The smallest absolute Gasteiger partial charge is 0.0354 e. The van der Waals surface area contributed by atoms with Crippen LogP contribution in [0.1, 0.15) is 52.9 Å². The van der Waals surface area contributed by atoms with Crippen molar-refractivity contribution in [2.24, 2.45) is 17.3 Å². The minimum Gasteiger partial charge on any atom is -0.0599 e. The molecule has 0 aromatic carbocycles. The lowest BCUT2D eigenvalue weighted by atomic mass is 9.69. The van der Waals surface area contributed by atoms with Gasteiger partial charge < -0.3 is 0 Å². The third-order valence-corrected chi connectivity index (χ3v) is 3.42. The van der Waals surface area contributed by atoms with Crippen molar-refractivity contribution in [3.8, 4) is 0 Å². The van der Waals surface area contributed by atoms with Crippen LogP contribution in [0.5, 0.6) is 0 Å². The molecule has 0 aromatic heterocycles.